The zero-order chi connectivity index (χ0) is 8.72. The normalized spacial score (nSPS) is 24.1. The second kappa shape index (κ2) is 2.79. The Balaban J connectivity index is 2.34. The van der Waals surface area contributed by atoms with Crippen LogP contribution in [0, 0.1) is 0 Å². The van der Waals surface area contributed by atoms with Gasteiger partial charge in [0.05, 0.1) is 0 Å². The molecule has 0 aromatic carbocycles. The van der Waals surface area contributed by atoms with Gasteiger partial charge < -0.3 is 10.2 Å². The summed E-state index contributed by atoms with van der Waals surface area (Å²) in [6.45, 7) is 2.03. The Morgan fingerprint density at radius 2 is 2.50 bits per heavy atom. The first-order valence-electron chi connectivity index (χ1n) is 4.22. The third-order valence-corrected chi connectivity index (χ3v) is 2.71. The highest BCUT2D eigenvalue weighted by atomic mass is 35.5. The minimum atomic E-state index is 0.194. The summed E-state index contributed by atoms with van der Waals surface area (Å²) in [5.41, 5.74) is 7.05. The van der Waals surface area contributed by atoms with Gasteiger partial charge in [0.25, 0.3) is 0 Å². The molecule has 2 rings (SSSR count). The Morgan fingerprint density at radius 1 is 1.75 bits per heavy atom. The van der Waals surface area contributed by atoms with Crippen LogP contribution in [0.4, 0.5) is 0 Å². The molecule has 0 spiro atoms. The van der Waals surface area contributed by atoms with Crippen molar-refractivity contribution in [3.63, 3.8) is 0 Å². The lowest BCUT2D eigenvalue weighted by atomic mass is 9.97. The fraction of sp³-hybridized carbons (Fsp3) is 0.556. The second-order valence-corrected chi connectivity index (χ2v) is 3.81. The molecule has 12 heavy (non-hydrogen) atoms. The number of aryl methyl sites for hydroxylation is 1. The molecule has 0 saturated carbocycles. The van der Waals surface area contributed by atoms with Crippen molar-refractivity contribution in [3.05, 3.63) is 22.6 Å². The number of furan rings is 1. The summed E-state index contributed by atoms with van der Waals surface area (Å²) in [6, 6.07) is 2.10. The smallest absolute Gasteiger partial charge is 0.193 e. The van der Waals surface area contributed by atoms with E-state index in [-0.39, 0.29) is 6.04 Å². The molecular formula is C9H12ClNO. The molecular weight excluding hydrogens is 174 g/mol. The largest absolute Gasteiger partial charge is 0.449 e. The van der Waals surface area contributed by atoms with Crippen LogP contribution in [0.25, 0.3) is 0 Å². The van der Waals surface area contributed by atoms with Gasteiger partial charge in [0.2, 0.25) is 0 Å². The van der Waals surface area contributed by atoms with Gasteiger partial charge in [-0.25, -0.2) is 0 Å². The highest BCUT2D eigenvalue weighted by Crippen LogP contribution is 2.38. The lowest BCUT2D eigenvalue weighted by Crippen LogP contribution is -2.22. The lowest BCUT2D eigenvalue weighted by Gasteiger charge is -2.12. The van der Waals surface area contributed by atoms with E-state index in [2.05, 4.69) is 0 Å². The van der Waals surface area contributed by atoms with Crippen LogP contribution >= 0.6 is 11.6 Å². The van der Waals surface area contributed by atoms with Gasteiger partial charge in [-0.2, -0.15) is 0 Å². The van der Waals surface area contributed by atoms with Gasteiger partial charge >= 0.3 is 0 Å². The number of hydrogen-bond acceptors (Lipinski definition) is 2. The van der Waals surface area contributed by atoms with Gasteiger partial charge in [0, 0.05) is 18.4 Å². The minimum Gasteiger partial charge on any atom is -0.449 e. The molecule has 1 aliphatic rings. The molecule has 2 nitrogen and oxygen atoms in total. The SMILES string of the molecule is CC(N)C1CCc2oc(Cl)cc21. The summed E-state index contributed by atoms with van der Waals surface area (Å²) in [7, 11) is 0. The van der Waals surface area contributed by atoms with Crippen molar-refractivity contribution < 1.29 is 4.42 Å². The van der Waals surface area contributed by atoms with Crippen LogP contribution in [0.3, 0.4) is 0 Å². The molecule has 3 heteroatoms. The van der Waals surface area contributed by atoms with Gasteiger partial charge in [0.1, 0.15) is 5.76 Å². The Labute approximate surface area is 76.7 Å². The van der Waals surface area contributed by atoms with Crippen LogP contribution in [0.1, 0.15) is 30.6 Å². The highest BCUT2D eigenvalue weighted by molar-refractivity contribution is 6.28. The van der Waals surface area contributed by atoms with Gasteiger partial charge in [0.15, 0.2) is 5.22 Å². The van der Waals surface area contributed by atoms with Gasteiger partial charge in [-0.05, 0) is 36.6 Å². The predicted molar refractivity (Wildman–Crippen MR) is 48.4 cm³/mol. The van der Waals surface area contributed by atoms with E-state index in [1.54, 1.807) is 0 Å². The summed E-state index contributed by atoms with van der Waals surface area (Å²) in [5.74, 6) is 1.47. The number of hydrogen-bond donors (Lipinski definition) is 1. The molecule has 1 aliphatic carbocycles. The summed E-state index contributed by atoms with van der Waals surface area (Å²) >= 11 is 5.74. The highest BCUT2D eigenvalue weighted by Gasteiger charge is 2.28. The van der Waals surface area contributed by atoms with Crippen LogP contribution in [-0.4, -0.2) is 6.04 Å². The summed E-state index contributed by atoms with van der Waals surface area (Å²) in [6.07, 6.45) is 2.08. The monoisotopic (exact) mass is 185 g/mol. The van der Waals surface area contributed by atoms with Crippen LogP contribution in [0.5, 0.6) is 0 Å². The van der Waals surface area contributed by atoms with Gasteiger partial charge in [-0.1, -0.05) is 0 Å². The van der Waals surface area contributed by atoms with Crippen molar-refractivity contribution in [2.45, 2.75) is 31.7 Å². The molecule has 66 valence electrons. The quantitative estimate of drug-likeness (QED) is 0.730. The topological polar surface area (TPSA) is 39.2 Å². The Hall–Kier alpha value is -0.470. The summed E-state index contributed by atoms with van der Waals surface area (Å²) in [4.78, 5) is 0. The fourth-order valence-electron chi connectivity index (χ4n) is 1.91. The van der Waals surface area contributed by atoms with Crippen LogP contribution in [0.2, 0.25) is 5.22 Å². The number of halogens is 1. The van der Waals surface area contributed by atoms with Crippen LogP contribution < -0.4 is 5.73 Å². The molecule has 0 amide bonds. The Kier molecular flexibility index (Phi) is 1.89. The van der Waals surface area contributed by atoms with E-state index in [0.717, 1.165) is 18.6 Å². The number of fused-ring (bicyclic) bond motifs is 1. The lowest BCUT2D eigenvalue weighted by molar-refractivity contribution is 0.511. The first-order valence-corrected chi connectivity index (χ1v) is 4.60. The maximum absolute atomic E-state index is 5.84. The second-order valence-electron chi connectivity index (χ2n) is 3.43. The summed E-state index contributed by atoms with van der Waals surface area (Å²) < 4.78 is 5.32. The van der Waals surface area contributed by atoms with E-state index in [9.17, 15) is 0 Å². The van der Waals surface area contributed by atoms with Gasteiger partial charge in [-0.3, -0.25) is 0 Å². The van der Waals surface area contributed by atoms with E-state index in [0.29, 0.717) is 11.1 Å². The molecule has 0 aliphatic heterocycles. The molecule has 2 unspecified atom stereocenters. The first-order chi connectivity index (χ1) is 5.68. The maximum atomic E-state index is 5.84. The Morgan fingerprint density at radius 3 is 3.17 bits per heavy atom. The van der Waals surface area contributed by atoms with E-state index >= 15 is 0 Å². The molecule has 0 saturated heterocycles. The van der Waals surface area contributed by atoms with E-state index in [1.165, 1.54) is 5.56 Å². The molecule has 0 radical (unpaired) electrons. The maximum Gasteiger partial charge on any atom is 0.193 e. The van der Waals surface area contributed by atoms with E-state index in [4.69, 9.17) is 21.8 Å². The first kappa shape index (κ1) is 8.14. The molecule has 0 fully saturated rings. The molecule has 2 N–H and O–H groups in total. The molecule has 1 heterocycles. The van der Waals surface area contributed by atoms with Gasteiger partial charge in [-0.15, -0.1) is 0 Å². The van der Waals surface area contributed by atoms with Crippen molar-refractivity contribution in [1.82, 2.24) is 0 Å². The summed E-state index contributed by atoms with van der Waals surface area (Å²) in [5, 5.41) is 0.491. The van der Waals surface area contributed by atoms with Crippen molar-refractivity contribution in [1.29, 1.82) is 0 Å². The average molecular weight is 186 g/mol. The van der Waals surface area contributed by atoms with Crippen molar-refractivity contribution in [2.75, 3.05) is 0 Å². The Bertz CT molecular complexity index is 293. The number of rotatable bonds is 1. The van der Waals surface area contributed by atoms with Crippen molar-refractivity contribution >= 4 is 11.6 Å². The van der Waals surface area contributed by atoms with Crippen molar-refractivity contribution in [3.8, 4) is 0 Å². The average Bonchev–Trinajstić information content (AvgIpc) is 2.43. The molecule has 0 bridgehead atoms. The standard InChI is InChI=1S/C9H12ClNO/c1-5(11)6-2-3-8-7(6)4-9(10)12-8/h4-6H,2-3,11H2,1H3. The third kappa shape index (κ3) is 1.15. The van der Waals surface area contributed by atoms with Crippen molar-refractivity contribution in [2.24, 2.45) is 5.73 Å². The predicted octanol–water partition coefficient (Wildman–Crippen LogP) is 2.31. The third-order valence-electron chi connectivity index (χ3n) is 2.53. The zero-order valence-electron chi connectivity index (χ0n) is 7.01. The van der Waals surface area contributed by atoms with Crippen LogP contribution in [-0.2, 0) is 6.42 Å². The van der Waals surface area contributed by atoms with Crippen LogP contribution in [0.15, 0.2) is 10.5 Å². The van der Waals surface area contributed by atoms with E-state index in [1.807, 2.05) is 13.0 Å². The number of nitrogens with two attached hydrogens (primary N) is 1. The zero-order valence-corrected chi connectivity index (χ0v) is 7.77. The molecule has 1 aromatic heterocycles. The molecule has 1 aromatic rings. The van der Waals surface area contributed by atoms with E-state index < -0.39 is 0 Å². The minimum absolute atomic E-state index is 0.194. The fourth-order valence-corrected chi connectivity index (χ4v) is 2.12. The molecule has 2 atom stereocenters.